The van der Waals surface area contributed by atoms with Gasteiger partial charge >= 0.3 is 6.09 Å². The first-order valence-electron chi connectivity index (χ1n) is 16.0. The highest BCUT2D eigenvalue weighted by atomic mass is 16.5. The van der Waals surface area contributed by atoms with Crippen LogP contribution in [-0.2, 0) is 4.74 Å². The predicted molar refractivity (Wildman–Crippen MR) is 174 cm³/mol. The predicted octanol–water partition coefficient (Wildman–Crippen LogP) is 6.14. The van der Waals surface area contributed by atoms with Crippen LogP contribution in [0.2, 0.25) is 0 Å². The van der Waals surface area contributed by atoms with E-state index < -0.39 is 6.09 Å². The summed E-state index contributed by atoms with van der Waals surface area (Å²) in [5, 5.41) is 13.6. The molecule has 244 valence electrons. The zero-order valence-corrected chi connectivity index (χ0v) is 27.5. The van der Waals surface area contributed by atoms with Crippen molar-refractivity contribution in [2.45, 2.75) is 71.4 Å². The number of carbonyl (C=O) groups excluding carboxylic acids is 1. The number of piperidine rings is 1. The molecule has 0 saturated carbocycles. The molecule has 9 heteroatoms. The van der Waals surface area contributed by atoms with Crippen LogP contribution in [0.3, 0.4) is 0 Å². The van der Waals surface area contributed by atoms with Gasteiger partial charge in [0.15, 0.2) is 11.5 Å². The fourth-order valence-electron chi connectivity index (χ4n) is 6.06. The highest BCUT2D eigenvalue weighted by molar-refractivity contribution is 5.95. The fourth-order valence-corrected chi connectivity index (χ4v) is 6.06. The number of rotatable bonds is 17. The first-order valence-corrected chi connectivity index (χ1v) is 16.0. The summed E-state index contributed by atoms with van der Waals surface area (Å²) >= 11 is 0. The number of carboxylic acid groups (broad SMARTS) is 1. The van der Waals surface area contributed by atoms with E-state index in [-0.39, 0.29) is 29.8 Å². The van der Waals surface area contributed by atoms with Gasteiger partial charge in [0.05, 0.1) is 13.7 Å². The van der Waals surface area contributed by atoms with Gasteiger partial charge in [-0.3, -0.25) is 4.79 Å². The Bertz CT molecular complexity index is 1160. The van der Waals surface area contributed by atoms with Gasteiger partial charge in [-0.25, -0.2) is 4.79 Å². The number of hydrogen-bond donors (Lipinski definition) is 2. The van der Waals surface area contributed by atoms with Gasteiger partial charge in [-0.05, 0) is 75.3 Å². The monoisotopic (exact) mass is 611 g/mol. The van der Waals surface area contributed by atoms with E-state index in [9.17, 15) is 14.7 Å². The third kappa shape index (κ3) is 10.4. The minimum atomic E-state index is -0.871. The summed E-state index contributed by atoms with van der Waals surface area (Å²) in [5.41, 5.74) is 1.71. The summed E-state index contributed by atoms with van der Waals surface area (Å²) in [4.78, 5) is 29.8. The lowest BCUT2D eigenvalue weighted by Gasteiger charge is -2.41. The SMILES string of the molecule is COCCCOc1cc(C(=O)N(C(C)C)[C@H]2CNC[C@@H](CC(CN(CCC(C)C)C(=O)O)c3ccccc3)C2)ccc1OC. The van der Waals surface area contributed by atoms with Crippen molar-refractivity contribution in [3.05, 3.63) is 59.7 Å². The minimum Gasteiger partial charge on any atom is -0.493 e. The molecule has 1 aliphatic heterocycles. The fraction of sp³-hybridized carbons (Fsp3) is 0.600. The molecule has 44 heavy (non-hydrogen) atoms. The number of hydrogen-bond acceptors (Lipinski definition) is 6. The molecule has 2 aromatic rings. The molecule has 3 atom stereocenters. The van der Waals surface area contributed by atoms with Crippen LogP contribution in [0.25, 0.3) is 0 Å². The molecule has 2 aromatic carbocycles. The van der Waals surface area contributed by atoms with Gasteiger partial charge in [-0.2, -0.15) is 0 Å². The van der Waals surface area contributed by atoms with Crippen molar-refractivity contribution >= 4 is 12.0 Å². The Hall–Kier alpha value is -3.30. The summed E-state index contributed by atoms with van der Waals surface area (Å²) < 4.78 is 16.6. The number of benzene rings is 2. The molecule has 2 amide bonds. The molecule has 0 aromatic heterocycles. The number of carbonyl (C=O) groups is 2. The van der Waals surface area contributed by atoms with Crippen LogP contribution < -0.4 is 14.8 Å². The van der Waals surface area contributed by atoms with E-state index in [1.807, 2.05) is 23.1 Å². The van der Waals surface area contributed by atoms with E-state index in [0.29, 0.717) is 55.8 Å². The van der Waals surface area contributed by atoms with Crippen LogP contribution >= 0.6 is 0 Å². The molecule has 9 nitrogen and oxygen atoms in total. The molecule has 1 unspecified atom stereocenters. The summed E-state index contributed by atoms with van der Waals surface area (Å²) in [6.45, 7) is 11.9. The molecule has 1 saturated heterocycles. The average Bonchev–Trinajstić information content (AvgIpc) is 3.01. The maximum Gasteiger partial charge on any atom is 0.407 e. The van der Waals surface area contributed by atoms with E-state index in [1.54, 1.807) is 37.3 Å². The number of nitrogens with one attached hydrogen (secondary N) is 1. The number of nitrogens with zero attached hydrogens (tertiary/aromatic N) is 2. The molecule has 1 heterocycles. The van der Waals surface area contributed by atoms with Gasteiger partial charge in [-0.1, -0.05) is 44.2 Å². The minimum absolute atomic E-state index is 0.00219. The number of amides is 2. The van der Waals surface area contributed by atoms with Gasteiger partial charge in [0.2, 0.25) is 0 Å². The van der Waals surface area contributed by atoms with Crippen molar-refractivity contribution in [1.29, 1.82) is 0 Å². The number of methoxy groups -OCH3 is 2. The van der Waals surface area contributed by atoms with Gasteiger partial charge in [-0.15, -0.1) is 0 Å². The summed E-state index contributed by atoms with van der Waals surface area (Å²) in [5.74, 6) is 1.87. The lowest BCUT2D eigenvalue weighted by atomic mass is 9.83. The number of ether oxygens (including phenoxy) is 3. The zero-order chi connectivity index (χ0) is 32.1. The Balaban J connectivity index is 1.78. The molecule has 1 fully saturated rings. The van der Waals surface area contributed by atoms with Gasteiger partial charge in [0.25, 0.3) is 5.91 Å². The summed E-state index contributed by atoms with van der Waals surface area (Å²) in [7, 11) is 3.25. The largest absolute Gasteiger partial charge is 0.493 e. The Morgan fingerprint density at radius 1 is 1.00 bits per heavy atom. The molecule has 0 radical (unpaired) electrons. The smallest absolute Gasteiger partial charge is 0.407 e. The molecular weight excluding hydrogens is 558 g/mol. The van der Waals surface area contributed by atoms with Gasteiger partial charge in [0, 0.05) is 63.3 Å². The van der Waals surface area contributed by atoms with Crippen molar-refractivity contribution in [3.8, 4) is 11.5 Å². The van der Waals surface area contributed by atoms with Crippen molar-refractivity contribution < 1.29 is 28.9 Å². The third-order valence-electron chi connectivity index (χ3n) is 8.34. The van der Waals surface area contributed by atoms with E-state index in [1.165, 1.54) is 0 Å². The van der Waals surface area contributed by atoms with Crippen molar-refractivity contribution in [1.82, 2.24) is 15.1 Å². The first kappa shape index (κ1) is 35.2. The second kappa shape index (κ2) is 17.9. The highest BCUT2D eigenvalue weighted by Crippen LogP contribution is 2.33. The summed E-state index contributed by atoms with van der Waals surface area (Å²) in [6, 6.07) is 15.6. The van der Waals surface area contributed by atoms with E-state index in [4.69, 9.17) is 14.2 Å². The highest BCUT2D eigenvalue weighted by Gasteiger charge is 2.34. The van der Waals surface area contributed by atoms with Crippen LogP contribution in [-0.4, -0.2) is 92.6 Å². The quantitative estimate of drug-likeness (QED) is 0.207. The molecular formula is C35H53N3O6. The molecule has 0 aliphatic carbocycles. The van der Waals surface area contributed by atoms with Crippen molar-refractivity contribution in [3.63, 3.8) is 0 Å². The standard InChI is InChI=1S/C35H53N3O6/c1-25(2)15-16-37(35(40)41)24-30(28-11-8-7-9-12-28)19-27-20-31(23-36-22-27)38(26(3)4)34(39)29-13-14-32(43-6)33(21-29)44-18-10-17-42-5/h7-9,11-14,21,25-27,30-31,36H,10,15-20,22-24H2,1-6H3,(H,40,41)/t27-,30?,31+/m0/s1. The first-order chi connectivity index (χ1) is 21.1. The van der Waals surface area contributed by atoms with Gasteiger partial charge < -0.3 is 34.4 Å². The average molecular weight is 612 g/mol. The Kier molecular flexibility index (Phi) is 14.3. The van der Waals surface area contributed by atoms with E-state index in [0.717, 1.165) is 37.8 Å². The Morgan fingerprint density at radius 2 is 1.75 bits per heavy atom. The summed E-state index contributed by atoms with van der Waals surface area (Å²) in [6.07, 6.45) is 2.37. The van der Waals surface area contributed by atoms with Gasteiger partial charge in [0.1, 0.15) is 0 Å². The van der Waals surface area contributed by atoms with Crippen LogP contribution in [0.5, 0.6) is 11.5 Å². The van der Waals surface area contributed by atoms with Crippen LogP contribution in [0.4, 0.5) is 4.79 Å². The molecule has 0 spiro atoms. The third-order valence-corrected chi connectivity index (χ3v) is 8.34. The normalized spacial score (nSPS) is 17.4. The molecule has 1 aliphatic rings. The molecule has 3 rings (SSSR count). The second-order valence-corrected chi connectivity index (χ2v) is 12.5. The zero-order valence-electron chi connectivity index (χ0n) is 27.5. The van der Waals surface area contributed by atoms with E-state index >= 15 is 0 Å². The van der Waals surface area contributed by atoms with Crippen LogP contribution in [0.1, 0.15) is 75.2 Å². The van der Waals surface area contributed by atoms with Crippen LogP contribution in [0, 0.1) is 11.8 Å². The topological polar surface area (TPSA) is 101 Å². The maximum atomic E-state index is 14.0. The Morgan fingerprint density at radius 3 is 2.39 bits per heavy atom. The Labute approximate surface area is 263 Å². The lowest BCUT2D eigenvalue weighted by molar-refractivity contribution is 0.0527. The van der Waals surface area contributed by atoms with Crippen molar-refractivity contribution in [2.24, 2.45) is 11.8 Å². The molecule has 0 bridgehead atoms. The molecule has 2 N–H and O–H groups in total. The van der Waals surface area contributed by atoms with Crippen molar-refractivity contribution in [2.75, 3.05) is 53.6 Å². The van der Waals surface area contributed by atoms with Crippen LogP contribution in [0.15, 0.2) is 48.5 Å². The maximum absolute atomic E-state index is 14.0. The lowest BCUT2D eigenvalue weighted by Crippen LogP contribution is -2.54. The second-order valence-electron chi connectivity index (χ2n) is 12.5. The van der Waals surface area contributed by atoms with E-state index in [2.05, 4.69) is 45.1 Å².